The van der Waals surface area contributed by atoms with Crippen LogP contribution < -0.4 is 4.90 Å². The number of rotatable bonds is 8. The highest BCUT2D eigenvalue weighted by Gasteiger charge is 2.48. The van der Waals surface area contributed by atoms with Gasteiger partial charge in [-0.05, 0) is 118 Å². The Kier molecular flexibility index (Phi) is 9.77. The molecule has 2 heterocycles. The van der Waals surface area contributed by atoms with E-state index < -0.39 is 5.41 Å². The number of fused-ring (bicyclic) bond motifs is 9. The molecule has 1 aliphatic rings. The smallest absolute Gasteiger partial charge is 0.143 e. The maximum absolute atomic E-state index is 6.60. The van der Waals surface area contributed by atoms with Crippen LogP contribution in [0.15, 0.2) is 253 Å². The van der Waals surface area contributed by atoms with Crippen molar-refractivity contribution in [3.8, 4) is 44.5 Å². The highest BCUT2D eigenvalue weighted by Crippen LogP contribution is 2.60. The van der Waals surface area contributed by atoms with Gasteiger partial charge in [0.25, 0.3) is 0 Å². The highest BCUT2D eigenvalue weighted by atomic mass is 32.1. The summed E-state index contributed by atoms with van der Waals surface area (Å²) < 4.78 is 9.24. The van der Waals surface area contributed by atoms with Crippen LogP contribution in [0.2, 0.25) is 0 Å². The predicted molar refractivity (Wildman–Crippen MR) is 304 cm³/mol. The summed E-state index contributed by atoms with van der Waals surface area (Å²) in [6, 6.07) is 91.9. The summed E-state index contributed by atoms with van der Waals surface area (Å²) in [6.45, 7) is 4.49. The lowest BCUT2D eigenvalue weighted by molar-refractivity contribution is 0.670. The average Bonchev–Trinajstić information content (AvgIpc) is 4.10. The molecule has 2 aromatic heterocycles. The van der Waals surface area contributed by atoms with Gasteiger partial charge in [0.1, 0.15) is 11.2 Å². The number of aryl methyl sites for hydroxylation is 2. The normalized spacial score (nSPS) is 14.0. The first-order chi connectivity index (χ1) is 35.5. The second-order valence-electron chi connectivity index (χ2n) is 19.3. The summed E-state index contributed by atoms with van der Waals surface area (Å²) in [7, 11) is 0. The minimum absolute atomic E-state index is 0.678. The quantitative estimate of drug-likeness (QED) is 0.151. The minimum Gasteiger partial charge on any atom is -0.455 e. The molecule has 0 amide bonds. The lowest BCUT2D eigenvalue weighted by atomic mass is 9.67. The zero-order chi connectivity index (χ0) is 47.9. The molecule has 0 bridgehead atoms. The topological polar surface area (TPSA) is 16.4 Å². The molecule has 11 aromatic carbocycles. The van der Waals surface area contributed by atoms with Crippen molar-refractivity contribution in [3.63, 3.8) is 0 Å². The van der Waals surface area contributed by atoms with Crippen LogP contribution in [0, 0.1) is 13.8 Å². The molecular formula is C69H47NOS. The van der Waals surface area contributed by atoms with E-state index in [4.69, 9.17) is 4.42 Å². The van der Waals surface area contributed by atoms with Crippen molar-refractivity contribution in [3.05, 3.63) is 282 Å². The van der Waals surface area contributed by atoms with Crippen LogP contribution in [0.4, 0.5) is 17.1 Å². The number of thiophene rings is 1. The predicted octanol–water partition coefficient (Wildman–Crippen LogP) is 19.4. The van der Waals surface area contributed by atoms with Gasteiger partial charge in [0.05, 0.1) is 11.1 Å². The van der Waals surface area contributed by atoms with Crippen LogP contribution in [-0.4, -0.2) is 0 Å². The number of benzene rings is 11. The van der Waals surface area contributed by atoms with Crippen molar-refractivity contribution in [2.45, 2.75) is 19.3 Å². The number of nitrogens with zero attached hydrogens (tertiary/aromatic N) is 1. The van der Waals surface area contributed by atoms with Crippen molar-refractivity contribution < 1.29 is 4.42 Å². The molecule has 14 rings (SSSR count). The number of furan rings is 1. The molecule has 0 saturated heterocycles. The third-order valence-electron chi connectivity index (χ3n) is 15.1. The second-order valence-corrected chi connectivity index (χ2v) is 20.4. The van der Waals surface area contributed by atoms with Crippen LogP contribution >= 0.6 is 11.3 Å². The molecule has 1 atom stereocenters. The van der Waals surface area contributed by atoms with Gasteiger partial charge < -0.3 is 9.32 Å². The van der Waals surface area contributed by atoms with Crippen LogP contribution in [0.25, 0.3) is 86.6 Å². The Bertz CT molecular complexity index is 4050. The van der Waals surface area contributed by atoms with Gasteiger partial charge in [-0.25, -0.2) is 0 Å². The van der Waals surface area contributed by atoms with Crippen LogP contribution in [0.1, 0.15) is 33.4 Å². The summed E-state index contributed by atoms with van der Waals surface area (Å²) in [5.41, 5.74) is 21.4. The van der Waals surface area contributed by atoms with Gasteiger partial charge in [-0.1, -0.05) is 212 Å². The van der Waals surface area contributed by atoms with E-state index in [2.05, 4.69) is 261 Å². The number of para-hydroxylation sites is 3. The van der Waals surface area contributed by atoms with E-state index in [0.29, 0.717) is 0 Å². The first-order valence-corrected chi connectivity index (χ1v) is 25.6. The van der Waals surface area contributed by atoms with E-state index >= 15 is 0 Å². The van der Waals surface area contributed by atoms with Gasteiger partial charge in [0.15, 0.2) is 0 Å². The first-order valence-electron chi connectivity index (χ1n) is 24.8. The maximum atomic E-state index is 6.60. The Hall–Kier alpha value is -8.76. The lowest BCUT2D eigenvalue weighted by Gasteiger charge is -2.35. The molecular weight excluding hydrogens is 891 g/mol. The zero-order valence-electron chi connectivity index (χ0n) is 39.9. The highest BCUT2D eigenvalue weighted by molar-refractivity contribution is 7.26. The molecule has 1 aliphatic carbocycles. The number of anilines is 3. The monoisotopic (exact) mass is 937 g/mol. The Morgan fingerprint density at radius 1 is 0.389 bits per heavy atom. The number of hydrogen-bond donors (Lipinski definition) is 0. The van der Waals surface area contributed by atoms with E-state index in [0.717, 1.165) is 50.1 Å². The summed E-state index contributed by atoms with van der Waals surface area (Å²) in [5, 5.41) is 4.88. The third kappa shape index (κ3) is 6.55. The molecule has 0 saturated carbocycles. The Labute approximate surface area is 423 Å². The molecule has 13 aromatic rings. The molecule has 340 valence electrons. The SMILES string of the molecule is Cc1ccc2c(c1)C(c1ccc(-c3cccc4c3oc3ccccc34)cc1)(c1ccc(-c3cccc4c3sc3ccccc34)cc1)c1cc(C)cc(N(c3ccccc3)c3ccc(-c4ccccc4)cc3)c1-2. The molecule has 72 heavy (non-hydrogen) atoms. The van der Waals surface area contributed by atoms with Gasteiger partial charge in [-0.15, -0.1) is 11.3 Å². The molecule has 0 aliphatic heterocycles. The van der Waals surface area contributed by atoms with Crippen molar-refractivity contribution in [2.75, 3.05) is 4.90 Å². The summed E-state index contributed by atoms with van der Waals surface area (Å²) in [5.74, 6) is 0. The molecule has 0 N–H and O–H groups in total. The Morgan fingerprint density at radius 3 is 1.71 bits per heavy atom. The fourth-order valence-corrected chi connectivity index (χ4v) is 13.1. The average molecular weight is 938 g/mol. The molecule has 2 nitrogen and oxygen atoms in total. The van der Waals surface area contributed by atoms with Crippen molar-refractivity contribution >= 4 is 70.5 Å². The standard InChI is InChI=1S/C69H47NOS/c1-44-27-40-60-61(41-44)69(50-34-28-48(29-35-50)54-21-13-23-58-56-19-9-11-25-64(56)71-67(54)58,51-36-30-49(31-37-51)55-22-14-24-59-57-20-10-12-26-65(57)72-68(55)59)62-42-45(2)43-63(66(60)62)70(52-17-7-4-8-18-52)53-38-32-47(33-39-53)46-15-5-3-6-16-46/h3-43H,1-2H3. The molecule has 1 unspecified atom stereocenters. The third-order valence-corrected chi connectivity index (χ3v) is 16.3. The molecule has 0 spiro atoms. The summed E-state index contributed by atoms with van der Waals surface area (Å²) in [4.78, 5) is 2.46. The Balaban J connectivity index is 1.01. The van der Waals surface area contributed by atoms with E-state index in [1.54, 1.807) is 0 Å². The second kappa shape index (κ2) is 16.7. The van der Waals surface area contributed by atoms with Gasteiger partial charge in [0.2, 0.25) is 0 Å². The van der Waals surface area contributed by atoms with Crippen LogP contribution in [0.5, 0.6) is 0 Å². The van der Waals surface area contributed by atoms with Crippen molar-refractivity contribution in [1.82, 2.24) is 0 Å². The van der Waals surface area contributed by atoms with E-state index in [1.807, 2.05) is 17.4 Å². The fourth-order valence-electron chi connectivity index (χ4n) is 11.8. The van der Waals surface area contributed by atoms with Crippen molar-refractivity contribution in [1.29, 1.82) is 0 Å². The van der Waals surface area contributed by atoms with Crippen LogP contribution in [0.3, 0.4) is 0 Å². The molecule has 0 fully saturated rings. The summed E-state index contributed by atoms with van der Waals surface area (Å²) >= 11 is 1.88. The lowest BCUT2D eigenvalue weighted by Crippen LogP contribution is -2.29. The minimum atomic E-state index is -0.678. The Morgan fingerprint density at radius 2 is 0.958 bits per heavy atom. The first kappa shape index (κ1) is 42.1. The largest absolute Gasteiger partial charge is 0.455 e. The summed E-state index contributed by atoms with van der Waals surface area (Å²) in [6.07, 6.45) is 0. The number of hydrogen-bond acceptors (Lipinski definition) is 3. The molecule has 0 radical (unpaired) electrons. The van der Waals surface area contributed by atoms with E-state index in [-0.39, 0.29) is 0 Å². The van der Waals surface area contributed by atoms with Gasteiger partial charge in [-0.2, -0.15) is 0 Å². The fraction of sp³-hybridized carbons (Fsp3) is 0.0435. The maximum Gasteiger partial charge on any atom is 0.143 e. The van der Waals surface area contributed by atoms with Gasteiger partial charge >= 0.3 is 0 Å². The van der Waals surface area contributed by atoms with E-state index in [9.17, 15) is 0 Å². The van der Waals surface area contributed by atoms with Crippen LogP contribution in [-0.2, 0) is 5.41 Å². The van der Waals surface area contributed by atoms with Crippen molar-refractivity contribution in [2.24, 2.45) is 0 Å². The molecule has 3 heteroatoms. The van der Waals surface area contributed by atoms with Gasteiger partial charge in [-0.3, -0.25) is 0 Å². The van der Waals surface area contributed by atoms with Gasteiger partial charge in [0, 0.05) is 53.4 Å². The zero-order valence-corrected chi connectivity index (χ0v) is 40.8. The van der Waals surface area contributed by atoms with E-state index in [1.165, 1.54) is 86.9 Å².